The lowest BCUT2D eigenvalue weighted by Gasteiger charge is -2.42. The number of benzene rings is 2. The second-order valence-corrected chi connectivity index (χ2v) is 11.6. The second kappa shape index (κ2) is 15.5. The van der Waals surface area contributed by atoms with Crippen molar-refractivity contribution in [1.29, 1.82) is 0 Å². The minimum Gasteiger partial charge on any atom is -0.508 e. The Balaban J connectivity index is 1.61. The highest BCUT2D eigenvalue weighted by atomic mass is 16.7. The van der Waals surface area contributed by atoms with Gasteiger partial charge in [-0.1, -0.05) is 56.3 Å². The maximum Gasteiger partial charge on any atom is 0.225 e. The fraction of sp³-hybridized carbons (Fsp3) is 0.606. The summed E-state index contributed by atoms with van der Waals surface area (Å²) in [4.78, 5) is 17.3. The summed E-state index contributed by atoms with van der Waals surface area (Å²) in [5.41, 5.74) is 3.17. The lowest BCUT2D eigenvalue weighted by molar-refractivity contribution is -0.150. The van der Waals surface area contributed by atoms with Crippen molar-refractivity contribution in [1.82, 2.24) is 9.80 Å². The molecule has 0 unspecified atom stereocenters. The molecule has 1 aliphatic rings. The average Bonchev–Trinajstić information content (AvgIpc) is 2.95. The summed E-state index contributed by atoms with van der Waals surface area (Å²) in [6, 6.07) is 16.6. The lowest BCUT2D eigenvalue weighted by Crippen LogP contribution is -2.45. The summed E-state index contributed by atoms with van der Waals surface area (Å²) in [5, 5.41) is 11.0. The van der Waals surface area contributed by atoms with Gasteiger partial charge in [0.25, 0.3) is 0 Å². The molecule has 1 atom stereocenters. The number of piperidine rings is 1. The van der Waals surface area contributed by atoms with Crippen molar-refractivity contribution < 1.29 is 24.1 Å². The van der Waals surface area contributed by atoms with Crippen LogP contribution in [0.25, 0.3) is 0 Å². The number of carbonyl (C=O) groups is 1. The first kappa shape index (κ1) is 32.1. The van der Waals surface area contributed by atoms with Crippen LogP contribution in [0.4, 0.5) is 0 Å². The van der Waals surface area contributed by atoms with Gasteiger partial charge in [0.2, 0.25) is 5.91 Å². The third-order valence-corrected chi connectivity index (χ3v) is 8.28. The number of carbonyl (C=O) groups excluding carboxylic acids is 1. The zero-order valence-corrected chi connectivity index (χ0v) is 25.4. The molecule has 1 N–H and O–H groups in total. The highest BCUT2D eigenvalue weighted by molar-refractivity contribution is 5.76. The molecule has 0 saturated carbocycles. The van der Waals surface area contributed by atoms with Crippen LogP contribution in [-0.4, -0.2) is 87.3 Å². The van der Waals surface area contributed by atoms with Crippen molar-refractivity contribution in [3.05, 3.63) is 65.2 Å². The number of rotatable bonds is 15. The van der Waals surface area contributed by atoms with Gasteiger partial charge < -0.3 is 29.1 Å². The van der Waals surface area contributed by atoms with E-state index in [1.807, 2.05) is 23.1 Å². The average molecular weight is 555 g/mol. The summed E-state index contributed by atoms with van der Waals surface area (Å²) in [6.07, 6.45) is 3.41. The van der Waals surface area contributed by atoms with Crippen LogP contribution < -0.4 is 0 Å². The SMILES string of the molecule is COC(CN(C(=O)CCOCCc1ccc(O)c(C2(c3ccccc3)CCN(C)CC2)c1)[C@H](C)CC(C)C)OC. The van der Waals surface area contributed by atoms with Crippen LogP contribution in [0.1, 0.15) is 63.1 Å². The summed E-state index contributed by atoms with van der Waals surface area (Å²) >= 11 is 0. The monoisotopic (exact) mass is 554 g/mol. The summed E-state index contributed by atoms with van der Waals surface area (Å²) < 4.78 is 16.7. The lowest BCUT2D eigenvalue weighted by atomic mass is 9.67. The number of ether oxygens (including phenoxy) is 3. The number of likely N-dealkylation sites (tertiary alicyclic amines) is 1. The highest BCUT2D eigenvalue weighted by Crippen LogP contribution is 2.45. The zero-order chi connectivity index (χ0) is 29.1. The van der Waals surface area contributed by atoms with Crippen molar-refractivity contribution in [2.45, 2.75) is 70.6 Å². The van der Waals surface area contributed by atoms with E-state index in [0.717, 1.165) is 49.9 Å². The maximum atomic E-state index is 13.1. The van der Waals surface area contributed by atoms with Crippen LogP contribution in [0, 0.1) is 5.92 Å². The molecule has 1 aliphatic heterocycles. The Kier molecular flexibility index (Phi) is 12.4. The molecule has 1 fully saturated rings. The highest BCUT2D eigenvalue weighted by Gasteiger charge is 2.39. The number of aromatic hydroxyl groups is 1. The molecule has 7 nitrogen and oxygen atoms in total. The molecule has 0 aromatic heterocycles. The van der Waals surface area contributed by atoms with Gasteiger partial charge in [-0.3, -0.25) is 4.79 Å². The molecular weight excluding hydrogens is 504 g/mol. The van der Waals surface area contributed by atoms with E-state index in [-0.39, 0.29) is 17.4 Å². The molecule has 1 heterocycles. The first-order valence-corrected chi connectivity index (χ1v) is 14.7. The number of phenols is 1. The molecule has 2 aromatic carbocycles. The van der Waals surface area contributed by atoms with Gasteiger partial charge in [0.05, 0.1) is 26.2 Å². The molecule has 0 aliphatic carbocycles. The van der Waals surface area contributed by atoms with Gasteiger partial charge in [-0.15, -0.1) is 0 Å². The number of hydrogen-bond donors (Lipinski definition) is 1. The van der Waals surface area contributed by atoms with Gasteiger partial charge in [-0.05, 0) is 75.9 Å². The van der Waals surface area contributed by atoms with E-state index in [1.165, 1.54) is 5.56 Å². The van der Waals surface area contributed by atoms with Gasteiger partial charge in [-0.25, -0.2) is 0 Å². The van der Waals surface area contributed by atoms with E-state index in [9.17, 15) is 9.90 Å². The van der Waals surface area contributed by atoms with Crippen molar-refractivity contribution in [2.24, 2.45) is 5.92 Å². The van der Waals surface area contributed by atoms with E-state index < -0.39 is 6.29 Å². The predicted molar refractivity (Wildman–Crippen MR) is 160 cm³/mol. The molecule has 1 amide bonds. The van der Waals surface area contributed by atoms with Crippen molar-refractivity contribution in [2.75, 3.05) is 54.1 Å². The second-order valence-electron chi connectivity index (χ2n) is 11.6. The van der Waals surface area contributed by atoms with Crippen LogP contribution >= 0.6 is 0 Å². The minimum atomic E-state index is -0.452. The number of methoxy groups -OCH3 is 2. The van der Waals surface area contributed by atoms with E-state index in [1.54, 1.807) is 14.2 Å². The Hall–Kier alpha value is -2.45. The molecule has 0 radical (unpaired) electrons. The summed E-state index contributed by atoms with van der Waals surface area (Å²) in [5.74, 6) is 0.881. The standard InChI is InChI=1S/C33H50N2O5/c1-25(2)22-26(3)35(24-32(38-5)39-6)31(37)15-21-40-20-14-27-12-13-30(36)29(23-27)33(16-18-34(4)19-17-33)28-10-8-7-9-11-28/h7-13,23,25-26,32,36H,14-22,24H2,1-6H3/t26-/m1/s1. The smallest absolute Gasteiger partial charge is 0.225 e. The van der Waals surface area contributed by atoms with Gasteiger partial charge in [0.15, 0.2) is 6.29 Å². The third kappa shape index (κ3) is 8.53. The van der Waals surface area contributed by atoms with E-state index in [0.29, 0.717) is 37.8 Å². The molecule has 2 aromatic rings. The molecule has 1 saturated heterocycles. The van der Waals surface area contributed by atoms with Crippen LogP contribution in [0.2, 0.25) is 0 Å². The summed E-state index contributed by atoms with van der Waals surface area (Å²) in [6.45, 7) is 9.64. The third-order valence-electron chi connectivity index (χ3n) is 8.28. The van der Waals surface area contributed by atoms with E-state index in [2.05, 4.69) is 63.1 Å². The Morgan fingerprint density at radius 3 is 2.33 bits per heavy atom. The topological polar surface area (TPSA) is 71.5 Å². The van der Waals surface area contributed by atoms with Crippen molar-refractivity contribution in [3.8, 4) is 5.75 Å². The fourth-order valence-corrected chi connectivity index (χ4v) is 5.93. The normalized spacial score (nSPS) is 16.4. The molecule has 3 rings (SSSR count). The maximum absolute atomic E-state index is 13.1. The number of phenolic OH excluding ortho intramolecular Hbond substituents is 1. The molecule has 0 spiro atoms. The number of hydrogen-bond acceptors (Lipinski definition) is 6. The molecule has 7 heteroatoms. The van der Waals surface area contributed by atoms with Gasteiger partial charge in [0, 0.05) is 31.2 Å². The van der Waals surface area contributed by atoms with Crippen molar-refractivity contribution >= 4 is 5.91 Å². The van der Waals surface area contributed by atoms with Crippen molar-refractivity contribution in [3.63, 3.8) is 0 Å². The van der Waals surface area contributed by atoms with Crippen LogP contribution in [0.3, 0.4) is 0 Å². The van der Waals surface area contributed by atoms with Gasteiger partial charge >= 0.3 is 0 Å². The van der Waals surface area contributed by atoms with Crippen LogP contribution in [0.5, 0.6) is 5.75 Å². The van der Waals surface area contributed by atoms with Crippen LogP contribution in [0.15, 0.2) is 48.5 Å². The predicted octanol–water partition coefficient (Wildman–Crippen LogP) is 5.24. The van der Waals surface area contributed by atoms with E-state index in [4.69, 9.17) is 14.2 Å². The first-order chi connectivity index (χ1) is 19.2. The van der Waals surface area contributed by atoms with E-state index >= 15 is 0 Å². The quantitative estimate of drug-likeness (QED) is 0.240. The molecular formula is C33H50N2O5. The molecule has 0 bridgehead atoms. The minimum absolute atomic E-state index is 0.0474. The Bertz CT molecular complexity index is 1030. The van der Waals surface area contributed by atoms with Gasteiger partial charge in [0.1, 0.15) is 5.75 Å². The molecule has 40 heavy (non-hydrogen) atoms. The molecule has 222 valence electrons. The number of nitrogens with zero attached hydrogens (tertiary/aromatic N) is 2. The fourth-order valence-electron chi connectivity index (χ4n) is 5.93. The number of amides is 1. The first-order valence-electron chi connectivity index (χ1n) is 14.7. The Morgan fingerprint density at radius 2 is 1.70 bits per heavy atom. The summed E-state index contributed by atoms with van der Waals surface area (Å²) in [7, 11) is 5.34. The van der Waals surface area contributed by atoms with Gasteiger partial charge in [-0.2, -0.15) is 0 Å². The Morgan fingerprint density at radius 1 is 1.02 bits per heavy atom. The Labute approximate surface area is 241 Å². The zero-order valence-electron chi connectivity index (χ0n) is 25.4. The largest absolute Gasteiger partial charge is 0.508 e. The van der Waals surface area contributed by atoms with Crippen LogP contribution in [-0.2, 0) is 30.8 Å².